The van der Waals surface area contributed by atoms with Gasteiger partial charge in [0.15, 0.2) is 0 Å². The summed E-state index contributed by atoms with van der Waals surface area (Å²) in [4.78, 5) is 8.95. The Bertz CT molecular complexity index is 1350. The second kappa shape index (κ2) is 8.67. The van der Waals surface area contributed by atoms with Crippen LogP contribution in [0.3, 0.4) is 0 Å². The van der Waals surface area contributed by atoms with Crippen molar-refractivity contribution in [1.29, 1.82) is 0 Å². The van der Waals surface area contributed by atoms with Crippen LogP contribution >= 0.6 is 36.2 Å². The standard InChI is InChI=1S/C21H12FN5S.2ClH/c1-23-20-9-7-18(28-20)17-11-24-19-8-4-14(12-27(17)19)16-10-25-26-21(16)13-2-5-15(22)6-3-13;;/h2-12H,(H,25,26);2*1H. The van der Waals surface area contributed by atoms with Gasteiger partial charge >= 0.3 is 0 Å². The van der Waals surface area contributed by atoms with Crippen LogP contribution in [0.2, 0.25) is 0 Å². The summed E-state index contributed by atoms with van der Waals surface area (Å²) in [5.74, 6) is -0.274. The van der Waals surface area contributed by atoms with Gasteiger partial charge in [-0.2, -0.15) is 16.4 Å². The Morgan fingerprint density at radius 3 is 2.47 bits per heavy atom. The lowest BCUT2D eigenvalue weighted by molar-refractivity contribution is 0.628. The van der Waals surface area contributed by atoms with Crippen molar-refractivity contribution in [1.82, 2.24) is 19.6 Å². The Morgan fingerprint density at radius 1 is 0.967 bits per heavy atom. The third-order valence-corrected chi connectivity index (χ3v) is 5.54. The molecule has 1 N–H and O–H groups in total. The first-order valence-corrected chi connectivity index (χ1v) is 9.29. The molecule has 1 aromatic carbocycles. The maximum absolute atomic E-state index is 13.3. The molecule has 0 aliphatic heterocycles. The number of benzene rings is 1. The fourth-order valence-electron chi connectivity index (χ4n) is 3.19. The third kappa shape index (κ3) is 3.68. The lowest BCUT2D eigenvalue weighted by atomic mass is 10.0. The molecule has 0 amide bonds. The quantitative estimate of drug-likeness (QED) is 0.308. The van der Waals surface area contributed by atoms with Crippen LogP contribution in [0.25, 0.3) is 43.4 Å². The predicted octanol–water partition coefficient (Wildman–Crippen LogP) is 6.65. The van der Waals surface area contributed by atoms with E-state index in [1.165, 1.54) is 23.5 Å². The van der Waals surface area contributed by atoms with E-state index >= 15 is 0 Å². The molecule has 0 spiro atoms. The van der Waals surface area contributed by atoms with Gasteiger partial charge in [0.05, 0.1) is 30.4 Å². The van der Waals surface area contributed by atoms with Crippen molar-refractivity contribution in [3.8, 4) is 33.0 Å². The number of hydrogen-bond acceptors (Lipinski definition) is 3. The zero-order valence-corrected chi connectivity index (χ0v) is 17.7. The van der Waals surface area contributed by atoms with Crippen LogP contribution in [0.5, 0.6) is 0 Å². The van der Waals surface area contributed by atoms with E-state index in [1.54, 1.807) is 18.3 Å². The molecule has 5 nitrogen and oxygen atoms in total. The molecule has 0 atom stereocenters. The minimum absolute atomic E-state index is 0. The normalized spacial score (nSPS) is 10.3. The fourth-order valence-corrected chi connectivity index (χ4v) is 3.99. The smallest absolute Gasteiger partial charge is 0.241 e. The molecule has 9 heteroatoms. The van der Waals surface area contributed by atoms with Crippen molar-refractivity contribution in [2.24, 2.45) is 0 Å². The molecule has 0 aliphatic rings. The van der Waals surface area contributed by atoms with E-state index in [-0.39, 0.29) is 30.6 Å². The lowest BCUT2D eigenvalue weighted by Gasteiger charge is -2.06. The summed E-state index contributed by atoms with van der Waals surface area (Å²) in [6, 6.07) is 14.0. The number of pyridine rings is 1. The second-order valence-corrected chi connectivity index (χ2v) is 7.27. The van der Waals surface area contributed by atoms with Crippen LogP contribution in [-0.4, -0.2) is 19.6 Å². The van der Waals surface area contributed by atoms with E-state index in [1.807, 2.05) is 41.1 Å². The molecule has 0 bridgehead atoms. The summed E-state index contributed by atoms with van der Waals surface area (Å²) in [6.07, 6.45) is 5.58. The molecule has 5 aromatic rings. The number of aromatic amines is 1. The highest BCUT2D eigenvalue weighted by molar-refractivity contribution is 7.19. The van der Waals surface area contributed by atoms with E-state index in [0.717, 1.165) is 38.6 Å². The molecule has 0 saturated carbocycles. The molecule has 0 fully saturated rings. The van der Waals surface area contributed by atoms with Crippen LogP contribution in [0.4, 0.5) is 9.39 Å². The molecule has 30 heavy (non-hydrogen) atoms. The Morgan fingerprint density at radius 2 is 1.73 bits per heavy atom. The van der Waals surface area contributed by atoms with Crippen LogP contribution < -0.4 is 0 Å². The lowest BCUT2D eigenvalue weighted by Crippen LogP contribution is -1.90. The number of nitrogens with zero attached hydrogens (tertiary/aromatic N) is 4. The minimum Gasteiger partial charge on any atom is -0.298 e. The molecule has 0 saturated heterocycles. The first-order chi connectivity index (χ1) is 13.7. The van der Waals surface area contributed by atoms with Gasteiger partial charge in [0.2, 0.25) is 5.00 Å². The summed E-state index contributed by atoms with van der Waals surface area (Å²) in [7, 11) is 0. The van der Waals surface area contributed by atoms with Gasteiger partial charge in [0, 0.05) is 27.8 Å². The van der Waals surface area contributed by atoms with Gasteiger partial charge in [-0.3, -0.25) is 9.50 Å². The van der Waals surface area contributed by atoms with Crippen LogP contribution in [-0.2, 0) is 0 Å². The molecule has 4 heterocycles. The number of halogens is 3. The Labute approximate surface area is 187 Å². The van der Waals surface area contributed by atoms with Crippen molar-refractivity contribution in [3.63, 3.8) is 0 Å². The van der Waals surface area contributed by atoms with Gasteiger partial charge in [0.1, 0.15) is 11.5 Å². The monoisotopic (exact) mass is 457 g/mol. The Kier molecular flexibility index (Phi) is 6.22. The molecule has 0 radical (unpaired) electrons. The molecule has 0 aliphatic carbocycles. The topological polar surface area (TPSA) is 50.3 Å². The molecule has 5 rings (SSSR count). The van der Waals surface area contributed by atoms with Gasteiger partial charge in [0.25, 0.3) is 0 Å². The molecule has 0 unspecified atom stereocenters. The molecular weight excluding hydrogens is 444 g/mol. The van der Waals surface area contributed by atoms with Crippen molar-refractivity contribution < 1.29 is 4.39 Å². The summed E-state index contributed by atoms with van der Waals surface area (Å²) in [5, 5.41) is 7.84. The predicted molar refractivity (Wildman–Crippen MR) is 122 cm³/mol. The Balaban J connectivity index is 0.00000128. The highest BCUT2D eigenvalue weighted by Crippen LogP contribution is 2.35. The van der Waals surface area contributed by atoms with E-state index in [4.69, 9.17) is 6.57 Å². The number of rotatable bonds is 3. The van der Waals surface area contributed by atoms with Crippen molar-refractivity contribution >= 4 is 46.8 Å². The number of aromatic nitrogens is 4. The number of imidazole rings is 1. The maximum Gasteiger partial charge on any atom is 0.241 e. The van der Waals surface area contributed by atoms with Crippen LogP contribution in [0.15, 0.2) is 67.1 Å². The summed E-state index contributed by atoms with van der Waals surface area (Å²) >= 11 is 1.44. The van der Waals surface area contributed by atoms with Crippen LogP contribution in [0.1, 0.15) is 0 Å². The van der Waals surface area contributed by atoms with Crippen molar-refractivity contribution in [2.75, 3.05) is 0 Å². The van der Waals surface area contributed by atoms with Crippen LogP contribution in [0, 0.1) is 12.4 Å². The number of hydrogen-bond donors (Lipinski definition) is 1. The van der Waals surface area contributed by atoms with Gasteiger partial charge < -0.3 is 0 Å². The fraction of sp³-hybridized carbons (Fsp3) is 0. The zero-order chi connectivity index (χ0) is 19.1. The number of H-pyrrole nitrogens is 1. The number of nitrogens with one attached hydrogen (secondary N) is 1. The largest absolute Gasteiger partial charge is 0.298 e. The third-order valence-electron chi connectivity index (χ3n) is 4.54. The highest BCUT2D eigenvalue weighted by Gasteiger charge is 2.13. The molecule has 150 valence electrons. The summed E-state index contributed by atoms with van der Waals surface area (Å²) < 4.78 is 15.3. The van der Waals surface area contributed by atoms with Crippen molar-refractivity contribution in [3.05, 3.63) is 84.4 Å². The highest BCUT2D eigenvalue weighted by atomic mass is 35.5. The Hall–Kier alpha value is -3.18. The van der Waals surface area contributed by atoms with E-state index < -0.39 is 0 Å². The van der Waals surface area contributed by atoms with Gasteiger partial charge in [-0.05, 0) is 42.5 Å². The number of fused-ring (bicyclic) bond motifs is 1. The number of thiophene rings is 1. The first kappa shape index (κ1) is 21.5. The van der Waals surface area contributed by atoms with E-state index in [0.29, 0.717) is 5.00 Å². The maximum atomic E-state index is 13.3. The summed E-state index contributed by atoms with van der Waals surface area (Å²) in [5.41, 5.74) is 5.32. The average Bonchev–Trinajstić information content (AvgIpc) is 3.46. The molecule has 4 aromatic heterocycles. The van der Waals surface area contributed by atoms with Gasteiger partial charge in [-0.15, -0.1) is 24.8 Å². The minimum atomic E-state index is -0.274. The molecular formula is C21H14Cl2FN5S. The van der Waals surface area contributed by atoms with E-state index in [2.05, 4.69) is 20.0 Å². The average molecular weight is 458 g/mol. The van der Waals surface area contributed by atoms with Gasteiger partial charge in [-0.1, -0.05) is 6.07 Å². The van der Waals surface area contributed by atoms with Gasteiger partial charge in [-0.25, -0.2) is 14.2 Å². The SMILES string of the molecule is Cl.Cl.[C-]#[N+]c1ccc(-c2cnc3ccc(-c4cn[nH]c4-c4ccc(F)cc4)cn23)s1. The second-order valence-electron chi connectivity index (χ2n) is 6.20. The summed E-state index contributed by atoms with van der Waals surface area (Å²) in [6.45, 7) is 7.17. The zero-order valence-electron chi connectivity index (χ0n) is 15.2. The van der Waals surface area contributed by atoms with Crippen molar-refractivity contribution in [2.45, 2.75) is 0 Å². The van der Waals surface area contributed by atoms with E-state index in [9.17, 15) is 4.39 Å². The first-order valence-electron chi connectivity index (χ1n) is 8.47.